The topological polar surface area (TPSA) is 46.2 Å². The van der Waals surface area contributed by atoms with Gasteiger partial charge in [0.1, 0.15) is 7.85 Å². The highest BCUT2D eigenvalue weighted by atomic mass is 32.2. The molecular weight excluding hydrogens is 209 g/mol. The largest absolute Gasteiger partial charge is 0.240 e. The molecule has 0 unspecified atom stereocenters. The van der Waals surface area contributed by atoms with Gasteiger partial charge in [-0.15, -0.1) is 0 Å². The molecule has 0 aromatic heterocycles. The fourth-order valence-electron chi connectivity index (χ4n) is 1.40. The van der Waals surface area contributed by atoms with Crippen molar-refractivity contribution in [3.05, 3.63) is 24.3 Å². The van der Waals surface area contributed by atoms with Crippen molar-refractivity contribution in [3.8, 4) is 0 Å². The Morgan fingerprint density at radius 1 is 1.33 bits per heavy atom. The number of hydrogen-bond acceptors (Lipinski definition) is 2. The molecular formula is C10H12BNO2S. The molecule has 0 bridgehead atoms. The molecule has 78 valence electrons. The molecule has 1 saturated carbocycles. The zero-order chi connectivity index (χ0) is 11.1. The summed E-state index contributed by atoms with van der Waals surface area (Å²) in [6.45, 7) is 2.02. The van der Waals surface area contributed by atoms with E-state index in [2.05, 4.69) is 4.72 Å². The minimum Gasteiger partial charge on any atom is -0.208 e. The molecule has 1 aromatic carbocycles. The lowest BCUT2D eigenvalue weighted by atomic mass is 9.97. The van der Waals surface area contributed by atoms with Crippen LogP contribution in [0.3, 0.4) is 0 Å². The second kappa shape index (κ2) is 3.65. The SMILES string of the molecule is [B]c1ccc(S(=O)(=O)N[C@@H]2C[C@H]2C)cc1. The molecule has 1 fully saturated rings. The maximum Gasteiger partial charge on any atom is 0.240 e. The Hall–Kier alpha value is -0.805. The van der Waals surface area contributed by atoms with Crippen LogP contribution in [0.1, 0.15) is 13.3 Å². The van der Waals surface area contributed by atoms with Gasteiger partial charge in [-0.1, -0.05) is 24.5 Å². The summed E-state index contributed by atoms with van der Waals surface area (Å²) >= 11 is 0. The summed E-state index contributed by atoms with van der Waals surface area (Å²) < 4.78 is 26.2. The molecule has 0 spiro atoms. The van der Waals surface area contributed by atoms with Crippen LogP contribution in [0.25, 0.3) is 0 Å². The van der Waals surface area contributed by atoms with Crippen LogP contribution in [0, 0.1) is 5.92 Å². The highest BCUT2D eigenvalue weighted by molar-refractivity contribution is 7.89. The third-order valence-corrected chi connectivity index (χ3v) is 4.11. The van der Waals surface area contributed by atoms with E-state index in [4.69, 9.17) is 7.85 Å². The quantitative estimate of drug-likeness (QED) is 0.739. The normalized spacial score (nSPS) is 25.1. The Balaban J connectivity index is 2.18. The second-order valence-electron chi connectivity index (χ2n) is 4.01. The number of benzene rings is 1. The van der Waals surface area contributed by atoms with E-state index in [-0.39, 0.29) is 10.9 Å². The molecule has 1 aromatic rings. The van der Waals surface area contributed by atoms with Crippen molar-refractivity contribution >= 4 is 23.3 Å². The summed E-state index contributed by atoms with van der Waals surface area (Å²) in [5.74, 6) is 0.452. The van der Waals surface area contributed by atoms with E-state index in [0.29, 0.717) is 11.4 Å². The molecule has 1 aliphatic carbocycles. The maximum absolute atomic E-state index is 11.8. The van der Waals surface area contributed by atoms with Crippen LogP contribution in [0.2, 0.25) is 0 Å². The van der Waals surface area contributed by atoms with E-state index in [9.17, 15) is 8.42 Å². The third-order valence-electron chi connectivity index (χ3n) is 2.61. The van der Waals surface area contributed by atoms with Crippen LogP contribution in [-0.4, -0.2) is 22.3 Å². The van der Waals surface area contributed by atoms with Gasteiger partial charge >= 0.3 is 0 Å². The molecule has 5 heteroatoms. The van der Waals surface area contributed by atoms with Gasteiger partial charge in [0.25, 0.3) is 0 Å². The van der Waals surface area contributed by atoms with Gasteiger partial charge in [0, 0.05) is 6.04 Å². The molecule has 2 atom stereocenters. The summed E-state index contributed by atoms with van der Waals surface area (Å²) in [6.07, 6.45) is 0.925. The zero-order valence-corrected chi connectivity index (χ0v) is 9.29. The Kier molecular flexibility index (Phi) is 2.60. The minimum atomic E-state index is -3.35. The Bertz CT molecular complexity index is 455. The number of nitrogens with one attached hydrogen (secondary N) is 1. The van der Waals surface area contributed by atoms with E-state index >= 15 is 0 Å². The molecule has 2 radical (unpaired) electrons. The number of rotatable bonds is 3. The van der Waals surface area contributed by atoms with Crippen molar-refractivity contribution in [2.45, 2.75) is 24.3 Å². The highest BCUT2D eigenvalue weighted by Gasteiger charge is 2.36. The van der Waals surface area contributed by atoms with E-state index in [1.807, 2.05) is 6.92 Å². The van der Waals surface area contributed by atoms with Gasteiger partial charge in [-0.2, -0.15) is 0 Å². The summed E-state index contributed by atoms with van der Waals surface area (Å²) in [7, 11) is 2.14. The van der Waals surface area contributed by atoms with E-state index in [0.717, 1.165) is 6.42 Å². The molecule has 15 heavy (non-hydrogen) atoms. The first-order chi connectivity index (χ1) is 6.99. The Labute approximate surface area is 91.3 Å². The molecule has 0 saturated heterocycles. The lowest BCUT2D eigenvalue weighted by Gasteiger charge is -2.05. The van der Waals surface area contributed by atoms with Gasteiger partial charge in [-0.25, -0.2) is 13.1 Å². The second-order valence-corrected chi connectivity index (χ2v) is 5.72. The van der Waals surface area contributed by atoms with Crippen molar-refractivity contribution in [2.24, 2.45) is 5.92 Å². The van der Waals surface area contributed by atoms with Crippen molar-refractivity contribution in [1.29, 1.82) is 0 Å². The summed E-state index contributed by atoms with van der Waals surface area (Å²) in [5.41, 5.74) is 0.564. The average molecular weight is 221 g/mol. The van der Waals surface area contributed by atoms with Crippen LogP contribution in [0.15, 0.2) is 29.2 Å². The first kappa shape index (κ1) is 10.7. The molecule has 2 rings (SSSR count). The Morgan fingerprint density at radius 3 is 2.33 bits per heavy atom. The first-order valence-electron chi connectivity index (χ1n) is 4.87. The molecule has 1 aliphatic rings. The van der Waals surface area contributed by atoms with Crippen LogP contribution in [0.5, 0.6) is 0 Å². The molecule has 0 heterocycles. The zero-order valence-electron chi connectivity index (χ0n) is 8.47. The number of hydrogen-bond donors (Lipinski definition) is 1. The minimum absolute atomic E-state index is 0.104. The highest BCUT2D eigenvalue weighted by Crippen LogP contribution is 2.30. The maximum atomic E-state index is 11.8. The van der Waals surface area contributed by atoms with Gasteiger partial charge in [0.2, 0.25) is 10.0 Å². The fourth-order valence-corrected chi connectivity index (χ4v) is 2.76. The van der Waals surface area contributed by atoms with Gasteiger partial charge < -0.3 is 0 Å². The smallest absolute Gasteiger partial charge is 0.208 e. The van der Waals surface area contributed by atoms with Gasteiger partial charge in [0.05, 0.1) is 4.90 Å². The van der Waals surface area contributed by atoms with Crippen LogP contribution >= 0.6 is 0 Å². The standard InChI is InChI=1S/C10H12BNO2S/c1-7-6-10(7)12-15(13,14)9-4-2-8(11)3-5-9/h2-5,7,10,12H,6H2,1H3/t7-,10-/m1/s1. The summed E-state index contributed by atoms with van der Waals surface area (Å²) in [5, 5.41) is 0. The van der Waals surface area contributed by atoms with Crippen molar-refractivity contribution in [1.82, 2.24) is 4.72 Å². The van der Waals surface area contributed by atoms with E-state index < -0.39 is 10.0 Å². The molecule has 3 nitrogen and oxygen atoms in total. The van der Waals surface area contributed by atoms with Crippen molar-refractivity contribution in [3.63, 3.8) is 0 Å². The van der Waals surface area contributed by atoms with Crippen LogP contribution in [-0.2, 0) is 10.0 Å². The van der Waals surface area contributed by atoms with Gasteiger partial charge in [-0.3, -0.25) is 0 Å². The first-order valence-corrected chi connectivity index (χ1v) is 6.35. The number of sulfonamides is 1. The lowest BCUT2D eigenvalue weighted by Crippen LogP contribution is -2.27. The third kappa shape index (κ3) is 2.41. The lowest BCUT2D eigenvalue weighted by molar-refractivity contribution is 0.578. The van der Waals surface area contributed by atoms with Gasteiger partial charge in [0.15, 0.2) is 0 Å². The monoisotopic (exact) mass is 221 g/mol. The fraction of sp³-hybridized carbons (Fsp3) is 0.400. The Morgan fingerprint density at radius 2 is 1.87 bits per heavy atom. The van der Waals surface area contributed by atoms with E-state index in [1.165, 1.54) is 12.1 Å². The average Bonchev–Trinajstić information content (AvgIpc) is 2.81. The summed E-state index contributed by atoms with van der Waals surface area (Å²) in [6, 6.07) is 6.32. The molecule has 0 amide bonds. The van der Waals surface area contributed by atoms with Crippen LogP contribution in [0.4, 0.5) is 0 Å². The van der Waals surface area contributed by atoms with Crippen molar-refractivity contribution < 1.29 is 8.42 Å². The van der Waals surface area contributed by atoms with Crippen molar-refractivity contribution in [2.75, 3.05) is 0 Å². The predicted octanol–water partition coefficient (Wildman–Crippen LogP) is 0.167. The van der Waals surface area contributed by atoms with Gasteiger partial charge in [-0.05, 0) is 24.5 Å². The predicted molar refractivity (Wildman–Crippen MR) is 59.7 cm³/mol. The molecule has 1 N–H and O–H groups in total. The summed E-state index contributed by atoms with van der Waals surface area (Å²) in [4.78, 5) is 0.274. The van der Waals surface area contributed by atoms with E-state index in [1.54, 1.807) is 12.1 Å². The van der Waals surface area contributed by atoms with Crippen LogP contribution < -0.4 is 10.2 Å². The molecule has 0 aliphatic heterocycles.